The highest BCUT2D eigenvalue weighted by atomic mass is 35.5. The minimum Gasteiger partial charge on any atom is -0.377 e. The highest BCUT2D eigenvalue weighted by Gasteiger charge is 2.27. The molecule has 1 atom stereocenters. The summed E-state index contributed by atoms with van der Waals surface area (Å²) in [7, 11) is -3.39. The third kappa shape index (κ3) is 3.17. The number of hydrogen-bond donors (Lipinski definition) is 0. The van der Waals surface area contributed by atoms with Crippen LogP contribution in [0.4, 0.5) is 11.5 Å². The number of ether oxygens (including phenoxy) is 1. The highest BCUT2D eigenvalue weighted by Crippen LogP contribution is 2.39. The molecule has 1 fully saturated rings. The van der Waals surface area contributed by atoms with E-state index >= 15 is 0 Å². The number of thiophene rings is 1. The first kappa shape index (κ1) is 17.7. The van der Waals surface area contributed by atoms with Gasteiger partial charge < -0.3 is 9.64 Å². The molecule has 0 bridgehead atoms. The fourth-order valence-corrected chi connectivity index (χ4v) is 5.06. The third-order valence-electron chi connectivity index (χ3n) is 3.95. The van der Waals surface area contributed by atoms with Crippen LogP contribution in [0.15, 0.2) is 5.38 Å². The molecule has 0 N–H and O–H groups in total. The first-order valence-corrected chi connectivity index (χ1v) is 10.7. The molecule has 132 valence electrons. The van der Waals surface area contributed by atoms with Gasteiger partial charge in [-0.15, -0.1) is 11.3 Å². The molecule has 0 saturated carbocycles. The lowest BCUT2D eigenvalue weighted by Crippen LogP contribution is -2.44. The van der Waals surface area contributed by atoms with Gasteiger partial charge in [0.05, 0.1) is 35.9 Å². The zero-order valence-corrected chi connectivity index (χ0v) is 16.1. The Balaban J connectivity index is 2.17. The Kier molecular flexibility index (Phi) is 4.87. The van der Waals surface area contributed by atoms with Crippen LogP contribution in [0.25, 0.3) is 10.2 Å². The van der Waals surface area contributed by atoms with Crippen LogP contribution in [0, 0.1) is 0 Å². The second kappa shape index (κ2) is 6.62. The van der Waals surface area contributed by atoms with Crippen LogP contribution >= 0.6 is 22.9 Å². The van der Waals surface area contributed by atoms with Gasteiger partial charge in [0.25, 0.3) is 0 Å². The van der Waals surface area contributed by atoms with Crippen molar-refractivity contribution in [3.8, 4) is 0 Å². The summed E-state index contributed by atoms with van der Waals surface area (Å²) in [5.41, 5.74) is 1.12. The lowest BCUT2D eigenvalue weighted by Gasteiger charge is -2.34. The number of hydrogen-bond acceptors (Lipinski definition) is 7. The van der Waals surface area contributed by atoms with E-state index in [9.17, 15) is 8.42 Å². The van der Waals surface area contributed by atoms with Gasteiger partial charge in [0.2, 0.25) is 15.3 Å². The number of nitrogens with zero attached hydrogens (tertiary/aromatic N) is 4. The number of aromatic nitrogens is 2. The quantitative estimate of drug-likeness (QED) is 0.746. The first-order valence-electron chi connectivity index (χ1n) is 7.59. The number of anilines is 2. The maximum Gasteiger partial charge on any atom is 0.232 e. The molecule has 24 heavy (non-hydrogen) atoms. The topological polar surface area (TPSA) is 75.6 Å². The minimum atomic E-state index is -3.39. The molecule has 1 aliphatic heterocycles. The van der Waals surface area contributed by atoms with Gasteiger partial charge in [0.15, 0.2) is 5.82 Å². The van der Waals surface area contributed by atoms with Gasteiger partial charge in [-0.1, -0.05) is 0 Å². The molecule has 0 spiro atoms. The second-order valence-electron chi connectivity index (χ2n) is 5.66. The predicted octanol–water partition coefficient (Wildman–Crippen LogP) is 2.36. The van der Waals surface area contributed by atoms with Crippen LogP contribution < -0.4 is 9.21 Å². The molecule has 1 saturated heterocycles. The summed E-state index contributed by atoms with van der Waals surface area (Å²) in [4.78, 5) is 10.8. The molecule has 2 aromatic rings. The first-order chi connectivity index (χ1) is 11.3. The Bertz CT molecular complexity index is 855. The van der Waals surface area contributed by atoms with Crippen molar-refractivity contribution in [2.75, 3.05) is 41.8 Å². The molecule has 0 aliphatic carbocycles. The number of sulfonamides is 1. The summed E-state index contributed by atoms with van der Waals surface area (Å²) >= 11 is 7.57. The van der Waals surface area contributed by atoms with Crippen molar-refractivity contribution in [2.24, 2.45) is 0 Å². The average Bonchev–Trinajstić information content (AvgIpc) is 2.90. The maximum absolute atomic E-state index is 12.1. The molecule has 7 nitrogen and oxygen atoms in total. The number of halogens is 1. The number of morpholine rings is 1. The molecule has 2 aromatic heterocycles. The van der Waals surface area contributed by atoms with E-state index in [1.54, 1.807) is 12.3 Å². The van der Waals surface area contributed by atoms with E-state index in [2.05, 4.69) is 21.8 Å². The van der Waals surface area contributed by atoms with Crippen LogP contribution in [0.2, 0.25) is 5.28 Å². The summed E-state index contributed by atoms with van der Waals surface area (Å²) in [5.74, 6) is 0.738. The van der Waals surface area contributed by atoms with Gasteiger partial charge in [-0.3, -0.25) is 4.31 Å². The molecule has 3 rings (SSSR count). The fourth-order valence-electron chi connectivity index (χ4n) is 2.86. The van der Waals surface area contributed by atoms with E-state index in [0.29, 0.717) is 37.5 Å². The van der Waals surface area contributed by atoms with Crippen molar-refractivity contribution in [1.29, 1.82) is 0 Å². The van der Waals surface area contributed by atoms with Crippen LogP contribution in [-0.4, -0.2) is 57.0 Å². The van der Waals surface area contributed by atoms with Crippen molar-refractivity contribution in [3.05, 3.63) is 10.7 Å². The Morgan fingerprint density at radius 2 is 2.25 bits per heavy atom. The summed E-state index contributed by atoms with van der Waals surface area (Å²) in [6.07, 6.45) is 1.19. The zero-order valence-electron chi connectivity index (χ0n) is 13.7. The van der Waals surface area contributed by atoms with Crippen molar-refractivity contribution in [3.63, 3.8) is 0 Å². The van der Waals surface area contributed by atoms with Gasteiger partial charge in [0, 0.05) is 18.5 Å². The molecular formula is C14H19ClN4O3S2. The SMILES string of the molecule is CCN(c1csc2c(N3CCOC[C@H]3C)nc(Cl)nc12)S(C)(=O)=O. The third-order valence-corrected chi connectivity index (χ3v) is 6.32. The van der Waals surface area contributed by atoms with Crippen molar-refractivity contribution < 1.29 is 13.2 Å². The van der Waals surface area contributed by atoms with E-state index < -0.39 is 10.0 Å². The Hall–Kier alpha value is -1.16. The lowest BCUT2D eigenvalue weighted by atomic mass is 10.2. The smallest absolute Gasteiger partial charge is 0.232 e. The van der Waals surface area contributed by atoms with Crippen molar-refractivity contribution >= 4 is 54.7 Å². The van der Waals surface area contributed by atoms with E-state index in [1.807, 2.05) is 0 Å². The molecule has 0 unspecified atom stereocenters. The highest BCUT2D eigenvalue weighted by molar-refractivity contribution is 7.92. The zero-order chi connectivity index (χ0) is 17.5. The minimum absolute atomic E-state index is 0.111. The largest absolute Gasteiger partial charge is 0.377 e. The molecule has 0 amide bonds. The molecule has 0 aromatic carbocycles. The van der Waals surface area contributed by atoms with Crippen LogP contribution in [0.5, 0.6) is 0 Å². The molecule has 1 aliphatic rings. The van der Waals surface area contributed by atoms with Crippen LogP contribution in [0.1, 0.15) is 13.8 Å². The van der Waals surface area contributed by atoms with Gasteiger partial charge >= 0.3 is 0 Å². The molecule has 3 heterocycles. The fraction of sp³-hybridized carbons (Fsp3) is 0.571. The van der Waals surface area contributed by atoms with E-state index in [4.69, 9.17) is 16.3 Å². The van der Waals surface area contributed by atoms with E-state index in [-0.39, 0.29) is 11.3 Å². The average molecular weight is 391 g/mol. The monoisotopic (exact) mass is 390 g/mol. The Morgan fingerprint density at radius 3 is 2.88 bits per heavy atom. The standard InChI is InChI=1S/C14H19ClN4O3S2/c1-4-19(24(3,20)21)10-8-23-12-11(10)16-14(15)17-13(12)18-5-6-22-7-9(18)2/h8-9H,4-7H2,1-3H3/t9-/m1/s1. The molecular weight excluding hydrogens is 372 g/mol. The lowest BCUT2D eigenvalue weighted by molar-refractivity contribution is 0.0987. The van der Waals surface area contributed by atoms with Gasteiger partial charge in [-0.05, 0) is 25.4 Å². The van der Waals surface area contributed by atoms with Crippen molar-refractivity contribution in [1.82, 2.24) is 9.97 Å². The van der Waals surface area contributed by atoms with Gasteiger partial charge in [-0.25, -0.2) is 13.4 Å². The molecule has 10 heteroatoms. The summed E-state index contributed by atoms with van der Waals surface area (Å²) in [5, 5.41) is 1.91. The van der Waals surface area contributed by atoms with Crippen molar-refractivity contribution in [2.45, 2.75) is 19.9 Å². The molecule has 0 radical (unpaired) electrons. The second-order valence-corrected chi connectivity index (χ2v) is 8.78. The van der Waals surface area contributed by atoms with Crippen LogP contribution in [-0.2, 0) is 14.8 Å². The predicted molar refractivity (Wildman–Crippen MR) is 97.9 cm³/mol. The maximum atomic E-state index is 12.1. The Morgan fingerprint density at radius 1 is 1.50 bits per heavy atom. The summed E-state index contributed by atoms with van der Waals surface area (Å²) in [6.45, 7) is 6.13. The summed E-state index contributed by atoms with van der Waals surface area (Å²) in [6, 6.07) is 0.163. The van der Waals surface area contributed by atoms with Crippen LogP contribution in [0.3, 0.4) is 0 Å². The van der Waals surface area contributed by atoms with E-state index in [0.717, 1.165) is 10.5 Å². The summed E-state index contributed by atoms with van der Waals surface area (Å²) < 4.78 is 31.8. The Labute approximate surface area is 150 Å². The van der Waals surface area contributed by atoms with E-state index in [1.165, 1.54) is 21.9 Å². The van der Waals surface area contributed by atoms with Gasteiger partial charge in [-0.2, -0.15) is 4.98 Å². The number of rotatable bonds is 4. The number of fused-ring (bicyclic) bond motifs is 1. The normalized spacial score (nSPS) is 19.0. The van der Waals surface area contributed by atoms with Gasteiger partial charge in [0.1, 0.15) is 5.52 Å².